The van der Waals surface area contributed by atoms with E-state index in [1.165, 1.54) is 6.07 Å². The first kappa shape index (κ1) is 12.7. The highest BCUT2D eigenvalue weighted by Crippen LogP contribution is 2.60. The zero-order valence-electron chi connectivity index (χ0n) is 10.4. The van der Waals surface area contributed by atoms with Gasteiger partial charge >= 0.3 is 6.18 Å². The molecule has 0 heterocycles. The van der Waals surface area contributed by atoms with Crippen LogP contribution in [0.1, 0.15) is 36.3 Å². The lowest BCUT2D eigenvalue weighted by molar-refractivity contribution is -0.140. The Morgan fingerprint density at radius 2 is 1.74 bits per heavy atom. The van der Waals surface area contributed by atoms with Gasteiger partial charge in [-0.15, -0.1) is 0 Å². The van der Waals surface area contributed by atoms with E-state index in [4.69, 9.17) is 0 Å². The van der Waals surface area contributed by atoms with Crippen LogP contribution in [0.15, 0.2) is 24.3 Å². The molecule has 0 spiro atoms. The second-order valence-electron chi connectivity index (χ2n) is 5.58. The number of fused-ring (bicyclic) bond motifs is 2. The Bertz CT molecular complexity index is 482. The summed E-state index contributed by atoms with van der Waals surface area (Å²) < 4.78 is 39.2. The second kappa shape index (κ2) is 4.36. The van der Waals surface area contributed by atoms with Crippen molar-refractivity contribution in [2.24, 2.45) is 17.8 Å². The van der Waals surface area contributed by atoms with Crippen molar-refractivity contribution < 1.29 is 18.0 Å². The number of aldehydes is 1. The molecule has 0 radical (unpaired) electrons. The Balaban J connectivity index is 1.98. The molecule has 2 fully saturated rings. The first-order valence-corrected chi connectivity index (χ1v) is 6.65. The van der Waals surface area contributed by atoms with Gasteiger partial charge in [-0.25, -0.2) is 0 Å². The minimum Gasteiger partial charge on any atom is -0.303 e. The van der Waals surface area contributed by atoms with E-state index >= 15 is 0 Å². The molecule has 2 aliphatic rings. The van der Waals surface area contributed by atoms with Gasteiger partial charge in [0.15, 0.2) is 0 Å². The normalized spacial score (nSPS) is 33.6. The largest absolute Gasteiger partial charge is 0.416 e. The average Bonchev–Trinajstić information content (AvgIpc) is 2.39. The van der Waals surface area contributed by atoms with Crippen LogP contribution in [0.3, 0.4) is 0 Å². The monoisotopic (exact) mass is 268 g/mol. The minimum atomic E-state index is -4.31. The Kier molecular flexibility index (Phi) is 2.91. The van der Waals surface area contributed by atoms with Crippen LogP contribution in [0.4, 0.5) is 13.2 Å². The molecular weight excluding hydrogens is 253 g/mol. The predicted octanol–water partition coefficient (Wildman–Crippen LogP) is 4.03. The fourth-order valence-electron chi connectivity index (χ4n) is 4.01. The lowest BCUT2D eigenvalue weighted by Gasteiger charge is -2.55. The highest BCUT2D eigenvalue weighted by molar-refractivity contribution is 5.59. The molecule has 2 atom stereocenters. The molecule has 1 aromatic carbocycles. The maximum absolute atomic E-state index is 13.1. The van der Waals surface area contributed by atoms with Gasteiger partial charge in [0.2, 0.25) is 0 Å². The Labute approximate surface area is 109 Å². The van der Waals surface area contributed by atoms with Crippen LogP contribution in [0.5, 0.6) is 0 Å². The number of alkyl halides is 3. The molecule has 0 amide bonds. The van der Waals surface area contributed by atoms with Crippen molar-refractivity contribution in [1.82, 2.24) is 0 Å². The van der Waals surface area contributed by atoms with Gasteiger partial charge in [-0.2, -0.15) is 13.2 Å². The SMILES string of the molecule is O=CC1C2CCCC1C2c1ccccc1C(F)(F)F. The molecule has 0 N–H and O–H groups in total. The first-order chi connectivity index (χ1) is 9.04. The molecule has 4 heteroatoms. The van der Waals surface area contributed by atoms with Crippen LogP contribution < -0.4 is 0 Å². The maximum atomic E-state index is 13.1. The van der Waals surface area contributed by atoms with Gasteiger partial charge in [0.05, 0.1) is 5.56 Å². The molecule has 102 valence electrons. The third-order valence-electron chi connectivity index (χ3n) is 4.77. The summed E-state index contributed by atoms with van der Waals surface area (Å²) in [5.41, 5.74) is -0.135. The van der Waals surface area contributed by atoms with Crippen LogP contribution in [0.2, 0.25) is 0 Å². The lowest BCUT2D eigenvalue weighted by atomic mass is 9.49. The minimum absolute atomic E-state index is 0.0277. The van der Waals surface area contributed by atoms with Crippen LogP contribution in [0.25, 0.3) is 0 Å². The number of rotatable bonds is 2. The van der Waals surface area contributed by atoms with E-state index in [-0.39, 0.29) is 23.7 Å². The number of hydrogen-bond acceptors (Lipinski definition) is 1. The van der Waals surface area contributed by atoms with E-state index in [1.54, 1.807) is 12.1 Å². The van der Waals surface area contributed by atoms with Gasteiger partial charge in [-0.3, -0.25) is 0 Å². The molecule has 1 nitrogen and oxygen atoms in total. The van der Waals surface area contributed by atoms with Crippen LogP contribution in [-0.4, -0.2) is 6.29 Å². The summed E-state index contributed by atoms with van der Waals surface area (Å²) in [5, 5.41) is 0. The molecule has 1 aromatic rings. The number of hydrogen-bond donors (Lipinski definition) is 0. The van der Waals surface area contributed by atoms with Gasteiger partial charge in [0.1, 0.15) is 6.29 Å². The molecule has 0 aliphatic heterocycles. The quantitative estimate of drug-likeness (QED) is 0.740. The highest BCUT2D eigenvalue weighted by Gasteiger charge is 2.54. The summed E-state index contributed by atoms with van der Waals surface area (Å²) in [4.78, 5) is 11.0. The second-order valence-corrected chi connectivity index (χ2v) is 5.58. The van der Waals surface area contributed by atoms with Gasteiger partial charge in [-0.1, -0.05) is 24.6 Å². The fourth-order valence-corrected chi connectivity index (χ4v) is 4.01. The van der Waals surface area contributed by atoms with Crippen molar-refractivity contribution in [2.45, 2.75) is 31.4 Å². The Hall–Kier alpha value is -1.32. The van der Waals surface area contributed by atoms with Gasteiger partial charge in [-0.05, 0) is 42.2 Å². The number of carbonyl (C=O) groups is 1. The zero-order chi connectivity index (χ0) is 13.6. The topological polar surface area (TPSA) is 17.1 Å². The molecule has 0 aromatic heterocycles. The van der Waals surface area contributed by atoms with Gasteiger partial charge < -0.3 is 4.79 Å². The zero-order valence-corrected chi connectivity index (χ0v) is 10.4. The maximum Gasteiger partial charge on any atom is 0.416 e. The third-order valence-corrected chi connectivity index (χ3v) is 4.77. The van der Waals surface area contributed by atoms with Gasteiger partial charge in [0, 0.05) is 5.92 Å². The van der Waals surface area contributed by atoms with Crippen molar-refractivity contribution in [3.05, 3.63) is 35.4 Å². The molecule has 0 saturated heterocycles. The standard InChI is InChI=1S/C15H15F3O/c16-15(17,18)13-7-2-1-4-11(13)14-9-5-3-6-10(14)12(9)8-19/h1-2,4,7-10,12,14H,3,5-6H2. The summed E-state index contributed by atoms with van der Waals surface area (Å²) in [6.45, 7) is 0. The van der Waals surface area contributed by atoms with Crippen molar-refractivity contribution in [1.29, 1.82) is 0 Å². The van der Waals surface area contributed by atoms with E-state index in [0.29, 0.717) is 5.56 Å². The molecule has 2 bridgehead atoms. The molecule has 2 unspecified atom stereocenters. The summed E-state index contributed by atoms with van der Waals surface area (Å²) in [7, 11) is 0. The summed E-state index contributed by atoms with van der Waals surface area (Å²) in [5.74, 6) is 0.112. The number of benzene rings is 1. The van der Waals surface area contributed by atoms with E-state index in [1.807, 2.05) is 0 Å². The predicted molar refractivity (Wildman–Crippen MR) is 64.6 cm³/mol. The molecule has 2 saturated carbocycles. The number of carbonyl (C=O) groups excluding carboxylic acids is 1. The Morgan fingerprint density at radius 1 is 1.11 bits per heavy atom. The smallest absolute Gasteiger partial charge is 0.303 e. The summed E-state index contributed by atoms with van der Waals surface area (Å²) in [6.07, 6.45) is -0.587. The van der Waals surface area contributed by atoms with E-state index in [2.05, 4.69) is 0 Å². The molecule has 2 aliphatic carbocycles. The average molecular weight is 268 g/mol. The lowest BCUT2D eigenvalue weighted by Crippen LogP contribution is -2.49. The van der Waals surface area contributed by atoms with Crippen molar-refractivity contribution >= 4 is 6.29 Å². The van der Waals surface area contributed by atoms with Crippen LogP contribution in [0, 0.1) is 17.8 Å². The Morgan fingerprint density at radius 3 is 2.32 bits per heavy atom. The third kappa shape index (κ3) is 1.88. The van der Waals surface area contributed by atoms with Crippen molar-refractivity contribution in [2.75, 3.05) is 0 Å². The van der Waals surface area contributed by atoms with Crippen LogP contribution >= 0.6 is 0 Å². The molecular formula is C15H15F3O. The van der Waals surface area contributed by atoms with Gasteiger partial charge in [0.25, 0.3) is 0 Å². The fraction of sp³-hybridized carbons (Fsp3) is 0.533. The molecule has 3 rings (SSSR count). The van der Waals surface area contributed by atoms with Crippen LogP contribution in [-0.2, 0) is 11.0 Å². The highest BCUT2D eigenvalue weighted by atomic mass is 19.4. The molecule has 19 heavy (non-hydrogen) atoms. The summed E-state index contributed by atoms with van der Waals surface area (Å²) >= 11 is 0. The first-order valence-electron chi connectivity index (χ1n) is 6.65. The van der Waals surface area contributed by atoms with Crippen molar-refractivity contribution in [3.63, 3.8) is 0 Å². The van der Waals surface area contributed by atoms with E-state index in [9.17, 15) is 18.0 Å². The summed E-state index contributed by atoms with van der Waals surface area (Å²) in [6, 6.07) is 5.83. The van der Waals surface area contributed by atoms with E-state index in [0.717, 1.165) is 31.6 Å². The number of halogens is 3. The van der Waals surface area contributed by atoms with Crippen molar-refractivity contribution in [3.8, 4) is 0 Å². The van der Waals surface area contributed by atoms with E-state index < -0.39 is 11.7 Å².